The van der Waals surface area contributed by atoms with E-state index in [-0.39, 0.29) is 6.04 Å². The van der Waals surface area contributed by atoms with E-state index in [0.717, 1.165) is 12.2 Å². The maximum absolute atomic E-state index is 5.84. The molecule has 0 aromatic heterocycles. The third-order valence-corrected chi connectivity index (χ3v) is 2.22. The average Bonchev–Trinajstić information content (AvgIpc) is 2.16. The average molecular weight is 179 g/mol. The fraction of sp³-hybridized carbons (Fsp3) is 0.455. The Labute approximate surface area is 79.7 Å². The molecule has 0 saturated heterocycles. The Balaban J connectivity index is 3.08. The van der Waals surface area contributed by atoms with Crippen LogP contribution in [0.4, 0.5) is 0 Å². The molecule has 0 heterocycles. The van der Waals surface area contributed by atoms with E-state index in [1.165, 1.54) is 11.1 Å². The van der Waals surface area contributed by atoms with Gasteiger partial charge in [-0.15, -0.1) is 0 Å². The van der Waals surface area contributed by atoms with E-state index < -0.39 is 0 Å². The van der Waals surface area contributed by atoms with Crippen LogP contribution in [-0.2, 0) is 6.42 Å². The van der Waals surface area contributed by atoms with Gasteiger partial charge in [-0.2, -0.15) is 0 Å². The van der Waals surface area contributed by atoms with Crippen LogP contribution in [-0.4, -0.2) is 7.11 Å². The van der Waals surface area contributed by atoms with Crippen molar-refractivity contribution in [3.05, 3.63) is 29.3 Å². The van der Waals surface area contributed by atoms with Crippen molar-refractivity contribution >= 4 is 0 Å². The number of hydrogen-bond donors (Lipinski definition) is 1. The summed E-state index contributed by atoms with van der Waals surface area (Å²) in [5.41, 5.74) is 8.32. The summed E-state index contributed by atoms with van der Waals surface area (Å²) in [6, 6.07) is 6.15. The van der Waals surface area contributed by atoms with E-state index in [0.29, 0.717) is 0 Å². The maximum atomic E-state index is 5.84. The van der Waals surface area contributed by atoms with Crippen LogP contribution in [0.2, 0.25) is 0 Å². The van der Waals surface area contributed by atoms with Gasteiger partial charge in [0.25, 0.3) is 0 Å². The number of methoxy groups -OCH3 is 1. The van der Waals surface area contributed by atoms with E-state index in [1.807, 2.05) is 19.1 Å². The van der Waals surface area contributed by atoms with Gasteiger partial charge in [-0.05, 0) is 36.6 Å². The minimum absolute atomic E-state index is 0.0980. The molecule has 1 aromatic rings. The lowest BCUT2D eigenvalue weighted by Gasteiger charge is -2.12. The van der Waals surface area contributed by atoms with Gasteiger partial charge >= 0.3 is 0 Å². The molecule has 1 unspecified atom stereocenters. The third kappa shape index (κ3) is 2.22. The second-order valence-corrected chi connectivity index (χ2v) is 3.21. The largest absolute Gasteiger partial charge is 0.497 e. The second-order valence-electron chi connectivity index (χ2n) is 3.21. The molecule has 0 aliphatic heterocycles. The van der Waals surface area contributed by atoms with Crippen molar-refractivity contribution in [1.82, 2.24) is 0 Å². The first-order chi connectivity index (χ1) is 6.19. The normalized spacial score (nSPS) is 12.6. The zero-order valence-corrected chi connectivity index (χ0v) is 8.50. The van der Waals surface area contributed by atoms with Crippen LogP contribution >= 0.6 is 0 Å². The monoisotopic (exact) mass is 179 g/mol. The minimum Gasteiger partial charge on any atom is -0.497 e. The van der Waals surface area contributed by atoms with Crippen LogP contribution in [0.5, 0.6) is 5.75 Å². The van der Waals surface area contributed by atoms with Gasteiger partial charge in [0.1, 0.15) is 5.75 Å². The first kappa shape index (κ1) is 10.1. The summed E-state index contributed by atoms with van der Waals surface area (Å²) in [6.45, 7) is 4.13. The maximum Gasteiger partial charge on any atom is 0.119 e. The topological polar surface area (TPSA) is 35.2 Å². The Morgan fingerprint density at radius 1 is 1.46 bits per heavy atom. The van der Waals surface area contributed by atoms with Gasteiger partial charge in [0.2, 0.25) is 0 Å². The van der Waals surface area contributed by atoms with E-state index in [9.17, 15) is 0 Å². The Morgan fingerprint density at radius 3 is 2.62 bits per heavy atom. The number of benzene rings is 1. The van der Waals surface area contributed by atoms with Gasteiger partial charge < -0.3 is 10.5 Å². The van der Waals surface area contributed by atoms with Crippen molar-refractivity contribution in [2.75, 3.05) is 7.11 Å². The molecule has 72 valence electrons. The summed E-state index contributed by atoms with van der Waals surface area (Å²) >= 11 is 0. The van der Waals surface area contributed by atoms with Crippen LogP contribution in [0.25, 0.3) is 0 Å². The lowest BCUT2D eigenvalue weighted by Crippen LogP contribution is -2.08. The summed E-state index contributed by atoms with van der Waals surface area (Å²) in [6.07, 6.45) is 0.994. The summed E-state index contributed by atoms with van der Waals surface area (Å²) < 4.78 is 5.15. The molecule has 0 radical (unpaired) electrons. The van der Waals surface area contributed by atoms with Crippen molar-refractivity contribution in [3.8, 4) is 5.75 Å². The highest BCUT2D eigenvalue weighted by molar-refractivity contribution is 5.37. The van der Waals surface area contributed by atoms with Crippen LogP contribution in [0.15, 0.2) is 18.2 Å². The summed E-state index contributed by atoms with van der Waals surface area (Å²) in [7, 11) is 1.68. The zero-order chi connectivity index (χ0) is 9.84. The first-order valence-corrected chi connectivity index (χ1v) is 4.61. The van der Waals surface area contributed by atoms with Crippen molar-refractivity contribution in [1.29, 1.82) is 0 Å². The van der Waals surface area contributed by atoms with E-state index in [4.69, 9.17) is 10.5 Å². The molecule has 2 heteroatoms. The molecule has 1 atom stereocenters. The molecule has 13 heavy (non-hydrogen) atoms. The molecule has 2 N–H and O–H groups in total. The number of rotatable bonds is 3. The fourth-order valence-corrected chi connectivity index (χ4v) is 1.46. The van der Waals surface area contributed by atoms with Crippen molar-refractivity contribution in [2.24, 2.45) is 5.73 Å². The van der Waals surface area contributed by atoms with Gasteiger partial charge in [0, 0.05) is 6.04 Å². The molecule has 0 amide bonds. The van der Waals surface area contributed by atoms with Gasteiger partial charge in [-0.25, -0.2) is 0 Å². The molecular formula is C11H17NO. The molecule has 1 rings (SSSR count). The molecule has 0 saturated carbocycles. The van der Waals surface area contributed by atoms with Crippen LogP contribution in [0.1, 0.15) is 31.0 Å². The van der Waals surface area contributed by atoms with Crippen LogP contribution in [0, 0.1) is 0 Å². The lowest BCUT2D eigenvalue weighted by atomic mass is 10.00. The van der Waals surface area contributed by atoms with Gasteiger partial charge in [0.15, 0.2) is 0 Å². The number of ether oxygens (including phenoxy) is 1. The van der Waals surface area contributed by atoms with Gasteiger partial charge in [-0.1, -0.05) is 13.0 Å². The van der Waals surface area contributed by atoms with Crippen molar-refractivity contribution in [2.45, 2.75) is 26.3 Å². The summed E-state index contributed by atoms with van der Waals surface area (Å²) in [4.78, 5) is 0. The molecule has 0 spiro atoms. The predicted molar refractivity (Wildman–Crippen MR) is 55.0 cm³/mol. The Kier molecular flexibility index (Phi) is 3.32. The molecule has 1 aromatic carbocycles. The lowest BCUT2D eigenvalue weighted by molar-refractivity contribution is 0.414. The van der Waals surface area contributed by atoms with Crippen molar-refractivity contribution in [3.63, 3.8) is 0 Å². The first-order valence-electron chi connectivity index (χ1n) is 4.61. The molecular weight excluding hydrogens is 162 g/mol. The molecule has 0 aliphatic carbocycles. The van der Waals surface area contributed by atoms with E-state index in [1.54, 1.807) is 7.11 Å². The van der Waals surface area contributed by atoms with E-state index >= 15 is 0 Å². The van der Waals surface area contributed by atoms with E-state index in [2.05, 4.69) is 13.0 Å². The fourth-order valence-electron chi connectivity index (χ4n) is 1.46. The van der Waals surface area contributed by atoms with Crippen molar-refractivity contribution < 1.29 is 4.74 Å². The summed E-state index contributed by atoms with van der Waals surface area (Å²) in [5.74, 6) is 0.904. The van der Waals surface area contributed by atoms with Crippen LogP contribution in [0.3, 0.4) is 0 Å². The van der Waals surface area contributed by atoms with Gasteiger partial charge in [0.05, 0.1) is 7.11 Å². The predicted octanol–water partition coefficient (Wildman–Crippen LogP) is 2.28. The highest BCUT2D eigenvalue weighted by Gasteiger charge is 2.05. The highest BCUT2D eigenvalue weighted by atomic mass is 16.5. The summed E-state index contributed by atoms with van der Waals surface area (Å²) in [5, 5.41) is 0. The Hall–Kier alpha value is -1.02. The minimum atomic E-state index is 0.0980. The second kappa shape index (κ2) is 4.28. The standard InChI is InChI=1S/C11H17NO/c1-4-9-7-10(13-3)5-6-11(9)8(2)12/h5-8H,4,12H2,1-3H3. The smallest absolute Gasteiger partial charge is 0.119 e. The Bertz CT molecular complexity index is 281. The molecule has 0 fully saturated rings. The molecule has 2 nitrogen and oxygen atoms in total. The molecule has 0 aliphatic rings. The molecule has 0 bridgehead atoms. The Morgan fingerprint density at radius 2 is 2.15 bits per heavy atom. The zero-order valence-electron chi connectivity index (χ0n) is 8.50. The quantitative estimate of drug-likeness (QED) is 0.772. The third-order valence-electron chi connectivity index (χ3n) is 2.22. The number of hydrogen-bond acceptors (Lipinski definition) is 2. The number of aryl methyl sites for hydroxylation is 1. The SMILES string of the molecule is CCc1cc(OC)ccc1C(C)N. The van der Waals surface area contributed by atoms with Crippen LogP contribution < -0.4 is 10.5 Å². The van der Waals surface area contributed by atoms with Gasteiger partial charge in [-0.3, -0.25) is 0 Å². The number of nitrogens with two attached hydrogens (primary N) is 1. The highest BCUT2D eigenvalue weighted by Crippen LogP contribution is 2.22.